The molecular formula is C23H23F3N6O3. The molecule has 0 aliphatic rings. The molecule has 2 aromatic heterocycles. The molecule has 0 fully saturated rings. The maximum Gasteiger partial charge on any atom is 0.408 e. The second-order valence-electron chi connectivity index (χ2n) is 7.93. The lowest BCUT2D eigenvalue weighted by Crippen LogP contribution is -2.44. The lowest BCUT2D eigenvalue weighted by molar-refractivity contribution is -0.158. The summed E-state index contributed by atoms with van der Waals surface area (Å²) < 4.78 is 50.2. The normalized spacial score (nSPS) is 12.5. The van der Waals surface area contributed by atoms with Crippen molar-refractivity contribution in [2.45, 2.75) is 25.6 Å². The Hall–Kier alpha value is -4.09. The van der Waals surface area contributed by atoms with Crippen molar-refractivity contribution in [2.75, 3.05) is 13.7 Å². The minimum absolute atomic E-state index is 0.204. The molecule has 0 saturated heterocycles. The highest BCUT2D eigenvalue weighted by molar-refractivity contribution is 5.79. The molecule has 0 bridgehead atoms. The zero-order valence-corrected chi connectivity index (χ0v) is 19.2. The number of aromatic amines is 1. The molecule has 184 valence electrons. The van der Waals surface area contributed by atoms with Crippen molar-refractivity contribution in [1.29, 1.82) is 0 Å². The van der Waals surface area contributed by atoms with E-state index in [0.717, 1.165) is 29.2 Å². The van der Waals surface area contributed by atoms with Crippen LogP contribution in [0.4, 0.5) is 13.2 Å². The summed E-state index contributed by atoms with van der Waals surface area (Å²) in [5.74, 6) is 0.811. The SMILES string of the molecule is COc1cc(-c2nc(Cc3ccc4[nH]ncc4c3)n(C)n2)ccc1OCC(=O)NC(C)C(F)(F)F. The van der Waals surface area contributed by atoms with Gasteiger partial charge in [-0.05, 0) is 42.8 Å². The Labute approximate surface area is 198 Å². The van der Waals surface area contributed by atoms with Crippen LogP contribution in [0.25, 0.3) is 22.3 Å². The second-order valence-corrected chi connectivity index (χ2v) is 7.93. The van der Waals surface area contributed by atoms with Gasteiger partial charge in [-0.25, -0.2) is 4.98 Å². The van der Waals surface area contributed by atoms with Gasteiger partial charge in [0.15, 0.2) is 23.9 Å². The van der Waals surface area contributed by atoms with E-state index in [1.807, 2.05) is 23.5 Å². The van der Waals surface area contributed by atoms with Gasteiger partial charge in [0, 0.05) is 24.4 Å². The van der Waals surface area contributed by atoms with E-state index in [1.165, 1.54) is 7.11 Å². The first-order valence-electron chi connectivity index (χ1n) is 10.6. The van der Waals surface area contributed by atoms with Gasteiger partial charge < -0.3 is 14.8 Å². The third-order valence-corrected chi connectivity index (χ3v) is 5.37. The standard InChI is InChI=1S/C23H23F3N6O3/c1-13(23(24,25)26)28-21(33)12-35-18-7-5-15(10-19(18)34-3)22-29-20(32(2)31-22)9-14-4-6-17-16(8-14)11-27-30-17/h4-8,10-11,13H,9,12H2,1-3H3,(H,27,30)(H,28,33). The van der Waals surface area contributed by atoms with E-state index in [2.05, 4.69) is 20.3 Å². The Morgan fingerprint density at radius 2 is 2.00 bits per heavy atom. The number of fused-ring (bicyclic) bond motifs is 1. The molecule has 4 rings (SSSR count). The number of ether oxygens (including phenoxy) is 2. The molecule has 2 N–H and O–H groups in total. The number of benzene rings is 2. The molecule has 0 spiro atoms. The number of H-pyrrole nitrogens is 1. The average Bonchev–Trinajstić information content (AvgIpc) is 3.43. The van der Waals surface area contributed by atoms with Gasteiger partial charge in [-0.3, -0.25) is 14.6 Å². The molecule has 0 aliphatic heterocycles. The number of nitrogens with zero attached hydrogens (tertiary/aromatic N) is 4. The van der Waals surface area contributed by atoms with Crippen molar-refractivity contribution < 1.29 is 27.4 Å². The number of amides is 1. The molecule has 1 atom stereocenters. The van der Waals surface area contributed by atoms with Crippen molar-refractivity contribution in [2.24, 2.45) is 7.05 Å². The number of carbonyl (C=O) groups is 1. The molecule has 1 unspecified atom stereocenters. The number of hydrogen-bond donors (Lipinski definition) is 2. The molecule has 0 radical (unpaired) electrons. The number of halogens is 3. The van der Waals surface area contributed by atoms with Crippen LogP contribution in [0.15, 0.2) is 42.6 Å². The fourth-order valence-corrected chi connectivity index (χ4v) is 3.41. The van der Waals surface area contributed by atoms with E-state index >= 15 is 0 Å². The van der Waals surface area contributed by atoms with Crippen molar-refractivity contribution in [3.8, 4) is 22.9 Å². The Kier molecular flexibility index (Phi) is 6.63. The molecular weight excluding hydrogens is 465 g/mol. The van der Waals surface area contributed by atoms with Crippen LogP contribution in [0.2, 0.25) is 0 Å². The predicted molar refractivity (Wildman–Crippen MR) is 121 cm³/mol. The zero-order chi connectivity index (χ0) is 25.2. The van der Waals surface area contributed by atoms with E-state index in [1.54, 1.807) is 36.1 Å². The first-order chi connectivity index (χ1) is 16.6. The lowest BCUT2D eigenvalue weighted by Gasteiger charge is -2.17. The van der Waals surface area contributed by atoms with Crippen molar-refractivity contribution >= 4 is 16.8 Å². The van der Waals surface area contributed by atoms with Gasteiger partial charge >= 0.3 is 6.18 Å². The van der Waals surface area contributed by atoms with E-state index in [9.17, 15) is 18.0 Å². The summed E-state index contributed by atoms with van der Waals surface area (Å²) in [5.41, 5.74) is 2.66. The van der Waals surface area contributed by atoms with Crippen molar-refractivity contribution in [3.63, 3.8) is 0 Å². The van der Waals surface area contributed by atoms with Gasteiger partial charge in [0.2, 0.25) is 0 Å². The molecule has 0 aliphatic carbocycles. The number of aromatic nitrogens is 5. The van der Waals surface area contributed by atoms with E-state index in [-0.39, 0.29) is 5.75 Å². The smallest absolute Gasteiger partial charge is 0.408 e. The van der Waals surface area contributed by atoms with Gasteiger partial charge in [0.25, 0.3) is 5.91 Å². The average molecular weight is 488 g/mol. The monoisotopic (exact) mass is 488 g/mol. The van der Waals surface area contributed by atoms with Gasteiger partial charge in [0.05, 0.1) is 18.8 Å². The Balaban J connectivity index is 1.46. The highest BCUT2D eigenvalue weighted by Gasteiger charge is 2.37. The summed E-state index contributed by atoms with van der Waals surface area (Å²) in [6, 6.07) is 8.89. The van der Waals surface area contributed by atoms with Gasteiger partial charge in [-0.15, -0.1) is 0 Å². The fraction of sp³-hybridized carbons (Fsp3) is 0.304. The number of alkyl halides is 3. The first-order valence-corrected chi connectivity index (χ1v) is 10.6. The molecule has 2 aromatic carbocycles. The number of nitrogens with one attached hydrogen (secondary N) is 2. The second kappa shape index (κ2) is 9.65. The summed E-state index contributed by atoms with van der Waals surface area (Å²) in [4.78, 5) is 16.4. The van der Waals surface area contributed by atoms with Gasteiger partial charge in [-0.2, -0.15) is 23.4 Å². The minimum atomic E-state index is -4.53. The maximum atomic E-state index is 12.6. The van der Waals surface area contributed by atoms with Crippen molar-refractivity contribution in [3.05, 3.63) is 54.0 Å². The molecule has 1 amide bonds. The summed E-state index contributed by atoms with van der Waals surface area (Å²) in [6.45, 7) is 0.264. The third-order valence-electron chi connectivity index (χ3n) is 5.37. The highest BCUT2D eigenvalue weighted by atomic mass is 19.4. The summed E-state index contributed by atoms with van der Waals surface area (Å²) in [7, 11) is 3.22. The predicted octanol–water partition coefficient (Wildman–Crippen LogP) is 3.40. The molecule has 12 heteroatoms. The zero-order valence-electron chi connectivity index (χ0n) is 19.2. The van der Waals surface area contributed by atoms with Crippen LogP contribution in [0.5, 0.6) is 11.5 Å². The van der Waals surface area contributed by atoms with Gasteiger partial charge in [-0.1, -0.05) is 6.07 Å². The van der Waals surface area contributed by atoms with Crippen LogP contribution < -0.4 is 14.8 Å². The first kappa shape index (κ1) is 24.0. The van der Waals surface area contributed by atoms with Crippen LogP contribution in [0.1, 0.15) is 18.3 Å². The summed E-state index contributed by atoms with van der Waals surface area (Å²) in [5, 5.41) is 14.3. The maximum absolute atomic E-state index is 12.6. The summed E-state index contributed by atoms with van der Waals surface area (Å²) >= 11 is 0. The number of hydrogen-bond acceptors (Lipinski definition) is 6. The van der Waals surface area contributed by atoms with E-state index in [4.69, 9.17) is 9.47 Å². The van der Waals surface area contributed by atoms with Gasteiger partial charge in [0.1, 0.15) is 11.9 Å². The number of methoxy groups -OCH3 is 1. The lowest BCUT2D eigenvalue weighted by atomic mass is 10.1. The van der Waals surface area contributed by atoms with Crippen LogP contribution in [0.3, 0.4) is 0 Å². The van der Waals surface area contributed by atoms with Crippen LogP contribution >= 0.6 is 0 Å². The van der Waals surface area contributed by atoms with Crippen molar-refractivity contribution in [1.82, 2.24) is 30.3 Å². The Morgan fingerprint density at radius 1 is 1.20 bits per heavy atom. The third kappa shape index (κ3) is 5.53. The number of carbonyl (C=O) groups excluding carboxylic acids is 1. The molecule has 4 aromatic rings. The molecule has 2 heterocycles. The quantitative estimate of drug-likeness (QED) is 0.394. The van der Waals surface area contributed by atoms with Crippen LogP contribution in [-0.4, -0.2) is 56.8 Å². The minimum Gasteiger partial charge on any atom is -0.493 e. The topological polar surface area (TPSA) is 107 Å². The molecule has 35 heavy (non-hydrogen) atoms. The van der Waals surface area contributed by atoms with Crippen LogP contribution in [0, 0.1) is 0 Å². The summed E-state index contributed by atoms with van der Waals surface area (Å²) in [6.07, 6.45) is -2.21. The Bertz CT molecular complexity index is 1350. The molecule has 0 saturated carbocycles. The number of aryl methyl sites for hydroxylation is 1. The largest absolute Gasteiger partial charge is 0.493 e. The Morgan fingerprint density at radius 3 is 2.74 bits per heavy atom. The van der Waals surface area contributed by atoms with E-state index in [0.29, 0.717) is 23.6 Å². The van der Waals surface area contributed by atoms with Crippen LogP contribution in [-0.2, 0) is 18.3 Å². The molecule has 9 nitrogen and oxygen atoms in total. The fourth-order valence-electron chi connectivity index (χ4n) is 3.41. The van der Waals surface area contributed by atoms with E-state index < -0.39 is 24.7 Å². The number of rotatable bonds is 8. The highest BCUT2D eigenvalue weighted by Crippen LogP contribution is 2.32.